The van der Waals surface area contributed by atoms with Crippen molar-refractivity contribution in [2.75, 3.05) is 26.4 Å². The van der Waals surface area contributed by atoms with Gasteiger partial charge in [-0.1, -0.05) is 24.3 Å². The summed E-state index contributed by atoms with van der Waals surface area (Å²) in [6.45, 7) is 2.50. The van der Waals surface area contributed by atoms with Gasteiger partial charge in [-0.2, -0.15) is 0 Å². The number of aliphatic hydroxyl groups excluding tert-OH is 1. The third-order valence-corrected chi connectivity index (χ3v) is 5.85. The van der Waals surface area contributed by atoms with Crippen LogP contribution in [0.25, 0.3) is 5.57 Å². The Morgan fingerprint density at radius 2 is 1.89 bits per heavy atom. The van der Waals surface area contributed by atoms with Crippen molar-refractivity contribution < 1.29 is 19.4 Å². The summed E-state index contributed by atoms with van der Waals surface area (Å²) in [7, 11) is 0. The molecule has 5 rings (SSSR count). The molecule has 144 valence electrons. The maximum atomic E-state index is 12.4. The molecule has 3 heterocycles. The predicted octanol–water partition coefficient (Wildman–Crippen LogP) is 1.17. The molecular weight excluding hydrogens is 356 g/mol. The maximum absolute atomic E-state index is 12.4. The number of hydrogen-bond donors (Lipinski definition) is 1. The van der Waals surface area contributed by atoms with Crippen molar-refractivity contribution in [1.29, 1.82) is 0 Å². The van der Waals surface area contributed by atoms with Crippen LogP contribution < -0.4 is 20.0 Å². The summed E-state index contributed by atoms with van der Waals surface area (Å²) in [5, 5.41) is 12.4. The highest BCUT2D eigenvalue weighted by Crippen LogP contribution is 2.35. The Labute approximate surface area is 162 Å². The van der Waals surface area contributed by atoms with Gasteiger partial charge in [0.25, 0.3) is 5.91 Å². The van der Waals surface area contributed by atoms with Crippen LogP contribution in [0.15, 0.2) is 47.5 Å². The molecule has 0 saturated carbocycles. The van der Waals surface area contributed by atoms with Crippen LogP contribution >= 0.6 is 0 Å². The molecule has 0 radical (unpaired) electrons. The maximum Gasteiger partial charge on any atom is 0.274 e. The van der Waals surface area contributed by atoms with Gasteiger partial charge in [0.15, 0.2) is 11.5 Å². The lowest BCUT2D eigenvalue weighted by atomic mass is 9.87. The van der Waals surface area contributed by atoms with E-state index in [1.54, 1.807) is 0 Å². The summed E-state index contributed by atoms with van der Waals surface area (Å²) in [5.41, 5.74) is 1.70. The van der Waals surface area contributed by atoms with Crippen LogP contribution in [-0.2, 0) is 4.79 Å². The SMILES string of the molecule is O=C1N=c2ccccc2=C1C1CCN(CC(O)c2ccc3c(c2)OCO3)CC1. The Bertz CT molecular complexity index is 1040. The van der Waals surface area contributed by atoms with E-state index in [1.165, 1.54) is 0 Å². The summed E-state index contributed by atoms with van der Waals surface area (Å²) in [5.74, 6) is 1.56. The Morgan fingerprint density at radius 3 is 2.75 bits per heavy atom. The third kappa shape index (κ3) is 3.08. The topological polar surface area (TPSA) is 71.4 Å². The molecule has 0 bridgehead atoms. The summed E-state index contributed by atoms with van der Waals surface area (Å²) >= 11 is 0. The number of hydrogen-bond acceptors (Lipinski definition) is 5. The molecule has 6 heteroatoms. The van der Waals surface area contributed by atoms with Crippen LogP contribution in [0.1, 0.15) is 24.5 Å². The van der Waals surface area contributed by atoms with Crippen LogP contribution in [-0.4, -0.2) is 42.3 Å². The lowest BCUT2D eigenvalue weighted by Gasteiger charge is -2.33. The minimum absolute atomic E-state index is 0.0833. The molecule has 28 heavy (non-hydrogen) atoms. The molecule has 1 atom stereocenters. The fraction of sp³-hybridized carbons (Fsp3) is 0.364. The van der Waals surface area contributed by atoms with E-state index < -0.39 is 6.10 Å². The van der Waals surface area contributed by atoms with E-state index in [4.69, 9.17) is 9.47 Å². The minimum atomic E-state index is -0.581. The number of β-amino-alcohol motifs (C(OH)–C–C–N with tert-alkyl or cyclic N) is 1. The van der Waals surface area contributed by atoms with Gasteiger partial charge in [0.1, 0.15) is 0 Å². The number of amides is 1. The van der Waals surface area contributed by atoms with E-state index in [0.717, 1.165) is 53.4 Å². The second-order valence-electron chi connectivity index (χ2n) is 7.55. The molecule has 3 aliphatic rings. The average molecular weight is 378 g/mol. The number of ether oxygens (including phenoxy) is 2. The number of fused-ring (bicyclic) bond motifs is 2. The number of carbonyl (C=O) groups excluding carboxylic acids is 1. The highest BCUT2D eigenvalue weighted by Gasteiger charge is 2.29. The first-order valence-electron chi connectivity index (χ1n) is 9.71. The molecule has 0 spiro atoms. The number of aliphatic hydroxyl groups is 1. The van der Waals surface area contributed by atoms with E-state index in [-0.39, 0.29) is 18.6 Å². The van der Waals surface area contributed by atoms with Gasteiger partial charge < -0.3 is 19.5 Å². The summed E-state index contributed by atoms with van der Waals surface area (Å²) in [4.78, 5) is 18.8. The lowest BCUT2D eigenvalue weighted by molar-refractivity contribution is -0.113. The zero-order valence-corrected chi connectivity index (χ0v) is 15.5. The highest BCUT2D eigenvalue weighted by molar-refractivity contribution is 6.15. The second-order valence-corrected chi connectivity index (χ2v) is 7.55. The predicted molar refractivity (Wildman–Crippen MR) is 102 cm³/mol. The van der Waals surface area contributed by atoms with Gasteiger partial charge >= 0.3 is 0 Å². The first kappa shape index (κ1) is 17.4. The van der Waals surface area contributed by atoms with Crippen molar-refractivity contribution in [3.63, 3.8) is 0 Å². The van der Waals surface area contributed by atoms with Gasteiger partial charge in [-0.25, -0.2) is 4.99 Å². The van der Waals surface area contributed by atoms with Crippen LogP contribution in [0.4, 0.5) is 0 Å². The summed E-state index contributed by atoms with van der Waals surface area (Å²) < 4.78 is 10.7. The number of carbonyl (C=O) groups is 1. The second kappa shape index (κ2) is 7.04. The first-order chi connectivity index (χ1) is 13.7. The van der Waals surface area contributed by atoms with Crippen LogP contribution in [0.3, 0.4) is 0 Å². The molecule has 3 aliphatic heterocycles. The van der Waals surface area contributed by atoms with Gasteiger partial charge in [-0.15, -0.1) is 0 Å². The van der Waals surface area contributed by atoms with Gasteiger partial charge in [0.2, 0.25) is 6.79 Å². The van der Waals surface area contributed by atoms with Crippen molar-refractivity contribution in [3.05, 3.63) is 58.6 Å². The van der Waals surface area contributed by atoms with Crippen LogP contribution in [0.5, 0.6) is 11.5 Å². The van der Waals surface area contributed by atoms with Gasteiger partial charge in [-0.3, -0.25) is 4.79 Å². The zero-order valence-electron chi connectivity index (χ0n) is 15.5. The highest BCUT2D eigenvalue weighted by atomic mass is 16.7. The standard InChI is InChI=1S/C22H22N2O4/c25-18(15-5-6-19-20(11-15)28-13-27-19)12-24-9-7-14(8-10-24)21-16-3-1-2-4-17(16)23-22(21)26/h1-6,11,14,18,25H,7-10,12-13H2. The molecule has 0 aromatic heterocycles. The Kier molecular flexibility index (Phi) is 4.37. The first-order valence-corrected chi connectivity index (χ1v) is 9.71. The summed E-state index contributed by atoms with van der Waals surface area (Å²) in [6.07, 6.45) is 1.22. The molecule has 1 N–H and O–H groups in total. The van der Waals surface area contributed by atoms with Gasteiger partial charge in [0, 0.05) is 17.3 Å². The minimum Gasteiger partial charge on any atom is -0.454 e. The molecule has 1 fully saturated rings. The average Bonchev–Trinajstić information content (AvgIpc) is 3.31. The monoisotopic (exact) mass is 378 g/mol. The van der Waals surface area contributed by atoms with Crippen molar-refractivity contribution in [3.8, 4) is 11.5 Å². The molecular formula is C22H22N2O4. The number of benzene rings is 2. The van der Waals surface area contributed by atoms with Gasteiger partial charge in [-0.05, 0) is 55.6 Å². The largest absolute Gasteiger partial charge is 0.454 e. The smallest absolute Gasteiger partial charge is 0.274 e. The number of para-hydroxylation sites is 1. The van der Waals surface area contributed by atoms with E-state index in [9.17, 15) is 9.90 Å². The molecule has 2 aromatic carbocycles. The lowest BCUT2D eigenvalue weighted by Crippen LogP contribution is -2.38. The van der Waals surface area contributed by atoms with Gasteiger partial charge in [0.05, 0.1) is 11.5 Å². The number of rotatable bonds is 4. The van der Waals surface area contributed by atoms with Crippen LogP contribution in [0, 0.1) is 5.92 Å². The van der Waals surface area contributed by atoms with Crippen molar-refractivity contribution >= 4 is 11.5 Å². The number of nitrogens with zero attached hydrogens (tertiary/aromatic N) is 2. The number of likely N-dealkylation sites (tertiary alicyclic amines) is 1. The van der Waals surface area contributed by atoms with Crippen LogP contribution in [0.2, 0.25) is 0 Å². The molecule has 6 nitrogen and oxygen atoms in total. The van der Waals surface area contributed by atoms with E-state index in [0.29, 0.717) is 12.3 Å². The third-order valence-electron chi connectivity index (χ3n) is 5.85. The molecule has 1 amide bonds. The van der Waals surface area contributed by atoms with Crippen molar-refractivity contribution in [1.82, 2.24) is 4.90 Å². The number of piperidine rings is 1. The molecule has 0 aliphatic carbocycles. The fourth-order valence-corrected chi connectivity index (χ4v) is 4.35. The Balaban J connectivity index is 1.25. The quantitative estimate of drug-likeness (QED) is 0.865. The molecule has 1 saturated heterocycles. The van der Waals surface area contributed by atoms with E-state index >= 15 is 0 Å². The van der Waals surface area contributed by atoms with Crippen molar-refractivity contribution in [2.45, 2.75) is 18.9 Å². The van der Waals surface area contributed by atoms with E-state index in [1.807, 2.05) is 42.5 Å². The van der Waals surface area contributed by atoms with Crippen molar-refractivity contribution in [2.24, 2.45) is 10.9 Å². The Hall–Kier alpha value is -2.70. The summed E-state index contributed by atoms with van der Waals surface area (Å²) in [6, 6.07) is 13.4. The molecule has 2 aromatic rings. The zero-order chi connectivity index (χ0) is 19.1. The fourth-order valence-electron chi connectivity index (χ4n) is 4.35. The normalized spacial score (nSPS) is 20.2. The molecule has 1 unspecified atom stereocenters. The van der Waals surface area contributed by atoms with E-state index in [2.05, 4.69) is 9.89 Å². The Morgan fingerprint density at radius 1 is 1.11 bits per heavy atom.